The third kappa shape index (κ3) is 5.77. The molecule has 2 heteroatoms. The van der Waals surface area contributed by atoms with Crippen LogP contribution in [0.25, 0.3) is 0 Å². The predicted molar refractivity (Wildman–Crippen MR) is 135 cm³/mol. The van der Waals surface area contributed by atoms with Crippen molar-refractivity contribution in [2.24, 2.45) is 28.7 Å². The molecule has 0 N–H and O–H groups in total. The van der Waals surface area contributed by atoms with Crippen LogP contribution in [0.4, 0.5) is 0 Å². The third-order valence-corrected chi connectivity index (χ3v) is 7.72. The number of aliphatic imine (C=N–C) groups is 1. The molecule has 3 atom stereocenters. The molecule has 32 heavy (non-hydrogen) atoms. The van der Waals surface area contributed by atoms with E-state index in [1.54, 1.807) is 5.57 Å². The fraction of sp³-hybridized carbons (Fsp3) is 0.533. The summed E-state index contributed by atoms with van der Waals surface area (Å²) in [5.74, 6) is 2.06. The number of carbonyl (C=O) groups is 1. The monoisotopic (exact) mass is 429 g/mol. The van der Waals surface area contributed by atoms with Crippen LogP contribution in [0, 0.1) is 23.7 Å². The number of benzene rings is 1. The molecule has 1 saturated carbocycles. The van der Waals surface area contributed by atoms with Crippen molar-refractivity contribution < 1.29 is 4.79 Å². The Hall–Kier alpha value is -2.22. The minimum atomic E-state index is 0.132. The van der Waals surface area contributed by atoms with Crippen molar-refractivity contribution in [1.82, 2.24) is 0 Å². The summed E-state index contributed by atoms with van der Waals surface area (Å²) in [7, 11) is 0. The molecule has 1 aromatic rings. The highest BCUT2D eigenvalue weighted by Crippen LogP contribution is 2.36. The van der Waals surface area contributed by atoms with Crippen LogP contribution in [0.5, 0.6) is 0 Å². The van der Waals surface area contributed by atoms with Gasteiger partial charge in [-0.05, 0) is 67.9 Å². The molecule has 1 heterocycles. The lowest BCUT2D eigenvalue weighted by molar-refractivity contribution is -0.125. The molecule has 0 saturated heterocycles. The molecule has 2 aliphatic carbocycles. The van der Waals surface area contributed by atoms with Crippen LogP contribution < -0.4 is 0 Å². The van der Waals surface area contributed by atoms with E-state index in [1.165, 1.54) is 49.0 Å². The van der Waals surface area contributed by atoms with Crippen LogP contribution in [0.2, 0.25) is 0 Å². The first-order valence-electron chi connectivity index (χ1n) is 12.8. The molecule has 0 radical (unpaired) electrons. The topological polar surface area (TPSA) is 29.4 Å². The SMILES string of the molecule is CC(C)[C@@H](Cc1ccccc1)C(=O)C[C@@H]1CCCC(C2=NC=CCC3=C2C=CCC3)CC1. The van der Waals surface area contributed by atoms with Gasteiger partial charge in [0.15, 0.2) is 0 Å². The first-order valence-corrected chi connectivity index (χ1v) is 12.8. The van der Waals surface area contributed by atoms with Gasteiger partial charge < -0.3 is 0 Å². The predicted octanol–water partition coefficient (Wildman–Crippen LogP) is 7.66. The van der Waals surface area contributed by atoms with E-state index in [4.69, 9.17) is 4.99 Å². The van der Waals surface area contributed by atoms with Crippen molar-refractivity contribution >= 4 is 11.5 Å². The lowest BCUT2D eigenvalue weighted by Gasteiger charge is -2.23. The Kier molecular flexibility index (Phi) is 7.95. The molecule has 2 nitrogen and oxygen atoms in total. The zero-order valence-corrected chi connectivity index (χ0v) is 19.9. The van der Waals surface area contributed by atoms with Crippen LogP contribution in [-0.2, 0) is 11.2 Å². The largest absolute Gasteiger partial charge is 0.299 e. The number of carbonyl (C=O) groups excluding carboxylic acids is 1. The van der Waals surface area contributed by atoms with Gasteiger partial charge >= 0.3 is 0 Å². The molecule has 170 valence electrons. The van der Waals surface area contributed by atoms with E-state index in [0.29, 0.717) is 23.5 Å². The number of rotatable bonds is 7. The smallest absolute Gasteiger partial charge is 0.136 e. The molecule has 0 bridgehead atoms. The molecule has 4 rings (SSSR count). The lowest BCUT2D eigenvalue weighted by Crippen LogP contribution is -2.25. The summed E-state index contributed by atoms with van der Waals surface area (Å²) >= 11 is 0. The number of allylic oxidation sites excluding steroid dienone is 5. The van der Waals surface area contributed by atoms with Gasteiger partial charge in [0.25, 0.3) is 0 Å². The average Bonchev–Trinajstić information content (AvgIpc) is 3.16. The van der Waals surface area contributed by atoms with E-state index in [1.807, 2.05) is 12.3 Å². The van der Waals surface area contributed by atoms with Crippen LogP contribution in [0.3, 0.4) is 0 Å². The summed E-state index contributed by atoms with van der Waals surface area (Å²) in [6, 6.07) is 10.5. The standard InChI is InChI=1S/C30H39NO/c1-22(2)28(20-23-10-4-3-5-11-23)29(32)21-24-12-8-14-26(18-17-24)30-27-16-7-6-13-25(27)15-9-19-31-30/h3-5,7,9-11,16,19,22,24,26,28H,6,8,12-15,17-18,20-21H2,1-2H3/t24-,26?,28-/m1/s1. The third-order valence-electron chi connectivity index (χ3n) is 7.72. The Labute approximate surface area is 194 Å². The fourth-order valence-corrected chi connectivity index (χ4v) is 5.79. The molecule has 0 amide bonds. The zero-order valence-electron chi connectivity index (χ0n) is 19.9. The highest BCUT2D eigenvalue weighted by atomic mass is 16.1. The lowest BCUT2D eigenvalue weighted by atomic mass is 9.80. The van der Waals surface area contributed by atoms with E-state index in [0.717, 1.165) is 32.1 Å². The molecule has 3 aliphatic rings. The highest BCUT2D eigenvalue weighted by molar-refractivity contribution is 6.05. The Morgan fingerprint density at radius 3 is 2.72 bits per heavy atom. The normalized spacial score (nSPS) is 24.5. The number of ketones is 1. The summed E-state index contributed by atoms with van der Waals surface area (Å²) in [6.45, 7) is 4.41. The zero-order chi connectivity index (χ0) is 22.3. The number of hydrogen-bond donors (Lipinski definition) is 0. The van der Waals surface area contributed by atoms with E-state index in [-0.39, 0.29) is 5.92 Å². The van der Waals surface area contributed by atoms with Gasteiger partial charge in [-0.15, -0.1) is 0 Å². The fourth-order valence-electron chi connectivity index (χ4n) is 5.79. The Morgan fingerprint density at radius 1 is 1.06 bits per heavy atom. The number of nitrogens with zero attached hydrogens (tertiary/aromatic N) is 1. The second-order valence-electron chi connectivity index (χ2n) is 10.3. The molecule has 0 spiro atoms. The molecular weight excluding hydrogens is 390 g/mol. The first-order chi connectivity index (χ1) is 15.6. The maximum atomic E-state index is 13.3. The summed E-state index contributed by atoms with van der Waals surface area (Å²) in [5.41, 5.74) is 5.59. The molecule has 1 fully saturated rings. The Balaban J connectivity index is 1.38. The summed E-state index contributed by atoms with van der Waals surface area (Å²) < 4.78 is 0. The maximum absolute atomic E-state index is 13.3. The van der Waals surface area contributed by atoms with Gasteiger partial charge in [-0.3, -0.25) is 9.79 Å². The van der Waals surface area contributed by atoms with Crippen molar-refractivity contribution in [2.45, 2.75) is 78.1 Å². The molecule has 1 unspecified atom stereocenters. The van der Waals surface area contributed by atoms with Crippen molar-refractivity contribution in [3.8, 4) is 0 Å². The van der Waals surface area contributed by atoms with Crippen LogP contribution in [-0.4, -0.2) is 11.5 Å². The van der Waals surface area contributed by atoms with Crippen LogP contribution in [0.15, 0.2) is 70.9 Å². The van der Waals surface area contributed by atoms with Crippen molar-refractivity contribution in [3.05, 3.63) is 71.5 Å². The molecular formula is C30H39NO. The average molecular weight is 430 g/mol. The minimum absolute atomic E-state index is 0.132. The van der Waals surface area contributed by atoms with Gasteiger partial charge in [-0.1, -0.05) is 80.8 Å². The first kappa shape index (κ1) is 23.0. The molecule has 0 aromatic heterocycles. The summed E-state index contributed by atoms with van der Waals surface area (Å²) in [4.78, 5) is 18.3. The molecule has 1 aliphatic heterocycles. The van der Waals surface area contributed by atoms with E-state index < -0.39 is 0 Å². The Morgan fingerprint density at radius 2 is 1.91 bits per heavy atom. The second kappa shape index (κ2) is 11.1. The summed E-state index contributed by atoms with van der Waals surface area (Å²) in [5, 5.41) is 0. The van der Waals surface area contributed by atoms with Gasteiger partial charge in [-0.2, -0.15) is 0 Å². The number of Topliss-reactive ketones (excluding diaryl/α,β-unsaturated/α-hetero) is 1. The molecule has 1 aromatic carbocycles. The minimum Gasteiger partial charge on any atom is -0.299 e. The van der Waals surface area contributed by atoms with Crippen molar-refractivity contribution in [2.75, 3.05) is 0 Å². The highest BCUT2D eigenvalue weighted by Gasteiger charge is 2.29. The van der Waals surface area contributed by atoms with E-state index in [2.05, 4.69) is 56.3 Å². The van der Waals surface area contributed by atoms with Gasteiger partial charge in [0, 0.05) is 24.5 Å². The number of hydrogen-bond acceptors (Lipinski definition) is 2. The van der Waals surface area contributed by atoms with E-state index in [9.17, 15) is 4.79 Å². The van der Waals surface area contributed by atoms with Gasteiger partial charge in [0.1, 0.15) is 5.78 Å². The van der Waals surface area contributed by atoms with Gasteiger partial charge in [0.2, 0.25) is 0 Å². The van der Waals surface area contributed by atoms with E-state index >= 15 is 0 Å². The van der Waals surface area contributed by atoms with Gasteiger partial charge in [-0.25, -0.2) is 0 Å². The Bertz CT molecular complexity index is 902. The van der Waals surface area contributed by atoms with Crippen molar-refractivity contribution in [3.63, 3.8) is 0 Å². The van der Waals surface area contributed by atoms with Crippen LogP contribution >= 0.6 is 0 Å². The maximum Gasteiger partial charge on any atom is 0.136 e. The summed E-state index contributed by atoms with van der Waals surface area (Å²) in [6.07, 6.45) is 19.8. The van der Waals surface area contributed by atoms with Gasteiger partial charge in [0.05, 0.1) is 5.71 Å². The van der Waals surface area contributed by atoms with Crippen molar-refractivity contribution in [1.29, 1.82) is 0 Å². The second-order valence-corrected chi connectivity index (χ2v) is 10.3. The van der Waals surface area contributed by atoms with Crippen LogP contribution in [0.1, 0.15) is 77.2 Å². The quantitative estimate of drug-likeness (QED) is 0.409.